The van der Waals surface area contributed by atoms with Gasteiger partial charge in [-0.3, -0.25) is 10.1 Å². The molecule has 3 aromatic rings. The number of halogens is 1. The molecule has 0 aliphatic rings. The van der Waals surface area contributed by atoms with Gasteiger partial charge in [-0.25, -0.2) is 4.98 Å². The average molecular weight is 344 g/mol. The molecule has 3 rings (SSSR count). The summed E-state index contributed by atoms with van der Waals surface area (Å²) in [7, 11) is 1.87. The number of anilines is 4. The van der Waals surface area contributed by atoms with E-state index in [1.165, 1.54) is 0 Å². The van der Waals surface area contributed by atoms with E-state index in [0.29, 0.717) is 28.5 Å². The summed E-state index contributed by atoms with van der Waals surface area (Å²) in [6.45, 7) is 4.19. The zero-order valence-corrected chi connectivity index (χ0v) is 14.4. The Morgan fingerprint density at radius 1 is 1.29 bits per heavy atom. The quantitative estimate of drug-likeness (QED) is 0.731. The lowest BCUT2D eigenvalue weighted by Crippen LogP contribution is -2.14. The van der Waals surface area contributed by atoms with Crippen molar-refractivity contribution < 1.29 is 0 Å². The molecule has 0 fully saturated rings. The Bertz CT molecular complexity index is 816. The lowest BCUT2D eigenvalue weighted by atomic mass is 10.1. The second-order valence-corrected chi connectivity index (χ2v) is 6.03. The number of hydrogen-bond acceptors (Lipinski definition) is 6. The van der Waals surface area contributed by atoms with Gasteiger partial charge in [0.05, 0.1) is 18.1 Å². The van der Waals surface area contributed by atoms with Gasteiger partial charge in [0.15, 0.2) is 11.6 Å². The minimum absolute atomic E-state index is 0.362. The molecule has 0 saturated carbocycles. The molecule has 0 atom stereocenters. The Hall–Kier alpha value is -2.67. The standard InChI is InChI=1S/C16H18ClN7/c1-10(2)13-7-14(23-22-13)20-15-12(17)9-19-16(21-15)24(3)11-5-4-6-18-8-11/h4-10H,1-3H3,(H2,19,20,21,22,23). The number of aromatic amines is 1. The fourth-order valence-corrected chi connectivity index (χ4v) is 2.23. The van der Waals surface area contributed by atoms with Crippen molar-refractivity contribution in [2.45, 2.75) is 19.8 Å². The number of nitrogens with zero attached hydrogens (tertiary/aromatic N) is 5. The molecule has 8 heteroatoms. The van der Waals surface area contributed by atoms with Crippen LogP contribution in [0.3, 0.4) is 0 Å². The van der Waals surface area contributed by atoms with Crippen molar-refractivity contribution in [1.82, 2.24) is 25.1 Å². The molecule has 0 radical (unpaired) electrons. The highest BCUT2D eigenvalue weighted by atomic mass is 35.5. The van der Waals surface area contributed by atoms with Crippen LogP contribution in [0.5, 0.6) is 0 Å². The molecule has 0 aliphatic heterocycles. The first-order valence-electron chi connectivity index (χ1n) is 7.53. The summed E-state index contributed by atoms with van der Waals surface area (Å²) in [5.74, 6) is 2.03. The second kappa shape index (κ2) is 6.84. The maximum atomic E-state index is 6.21. The first-order chi connectivity index (χ1) is 11.5. The third-order valence-corrected chi connectivity index (χ3v) is 3.81. The molecule has 24 heavy (non-hydrogen) atoms. The Morgan fingerprint density at radius 2 is 2.12 bits per heavy atom. The van der Waals surface area contributed by atoms with E-state index in [1.54, 1.807) is 18.6 Å². The van der Waals surface area contributed by atoms with Crippen LogP contribution >= 0.6 is 11.6 Å². The zero-order valence-electron chi connectivity index (χ0n) is 13.7. The molecule has 0 bridgehead atoms. The van der Waals surface area contributed by atoms with Gasteiger partial charge in [-0.05, 0) is 18.1 Å². The van der Waals surface area contributed by atoms with Crippen molar-refractivity contribution in [2.24, 2.45) is 0 Å². The van der Waals surface area contributed by atoms with E-state index in [1.807, 2.05) is 30.1 Å². The molecule has 7 nitrogen and oxygen atoms in total. The highest BCUT2D eigenvalue weighted by Gasteiger charge is 2.12. The molecule has 0 amide bonds. The van der Waals surface area contributed by atoms with Crippen LogP contribution < -0.4 is 10.2 Å². The van der Waals surface area contributed by atoms with E-state index in [2.05, 4.69) is 44.3 Å². The third kappa shape index (κ3) is 3.46. The average Bonchev–Trinajstić information content (AvgIpc) is 3.06. The van der Waals surface area contributed by atoms with Gasteiger partial charge in [0.2, 0.25) is 5.95 Å². The molecule has 0 aromatic carbocycles. The first kappa shape index (κ1) is 16.2. The van der Waals surface area contributed by atoms with E-state index in [-0.39, 0.29) is 0 Å². The largest absolute Gasteiger partial charge is 0.322 e. The maximum absolute atomic E-state index is 6.21. The topological polar surface area (TPSA) is 82.6 Å². The number of rotatable bonds is 5. The van der Waals surface area contributed by atoms with Gasteiger partial charge in [0.1, 0.15) is 5.02 Å². The zero-order chi connectivity index (χ0) is 17.1. The highest BCUT2D eigenvalue weighted by molar-refractivity contribution is 6.32. The Kier molecular flexibility index (Phi) is 4.61. The molecule has 2 N–H and O–H groups in total. The lowest BCUT2D eigenvalue weighted by Gasteiger charge is -2.17. The Labute approximate surface area is 145 Å². The van der Waals surface area contributed by atoms with Crippen LogP contribution in [0, 0.1) is 0 Å². The van der Waals surface area contributed by atoms with Gasteiger partial charge in [-0.1, -0.05) is 25.4 Å². The van der Waals surface area contributed by atoms with Crippen LogP contribution in [0.4, 0.5) is 23.3 Å². The van der Waals surface area contributed by atoms with Crippen LogP contribution in [-0.4, -0.2) is 32.2 Å². The molecular formula is C16H18ClN7. The summed E-state index contributed by atoms with van der Waals surface area (Å²) in [4.78, 5) is 14.7. The summed E-state index contributed by atoms with van der Waals surface area (Å²) in [6.07, 6.45) is 5.03. The van der Waals surface area contributed by atoms with E-state index in [4.69, 9.17) is 11.6 Å². The van der Waals surface area contributed by atoms with Crippen LogP contribution in [0.15, 0.2) is 36.8 Å². The van der Waals surface area contributed by atoms with Crippen molar-refractivity contribution in [3.05, 3.63) is 47.5 Å². The van der Waals surface area contributed by atoms with Crippen molar-refractivity contribution >= 4 is 34.9 Å². The minimum Gasteiger partial charge on any atom is -0.322 e. The van der Waals surface area contributed by atoms with Crippen LogP contribution in [0.2, 0.25) is 5.02 Å². The van der Waals surface area contributed by atoms with Crippen LogP contribution in [0.25, 0.3) is 0 Å². The van der Waals surface area contributed by atoms with Crippen molar-refractivity contribution in [2.75, 3.05) is 17.3 Å². The van der Waals surface area contributed by atoms with Gasteiger partial charge in [-0.2, -0.15) is 10.1 Å². The number of hydrogen-bond donors (Lipinski definition) is 2. The fraction of sp³-hybridized carbons (Fsp3) is 0.250. The SMILES string of the molecule is CC(C)c1cc(Nc2nc(N(C)c3cccnc3)ncc2Cl)n[nH]1. The molecule has 124 valence electrons. The number of pyridine rings is 1. The van der Waals surface area contributed by atoms with Gasteiger partial charge in [0.25, 0.3) is 0 Å². The molecule has 0 spiro atoms. The maximum Gasteiger partial charge on any atom is 0.231 e. The van der Waals surface area contributed by atoms with Crippen molar-refractivity contribution in [1.29, 1.82) is 0 Å². The van der Waals surface area contributed by atoms with Crippen molar-refractivity contribution in [3.8, 4) is 0 Å². The van der Waals surface area contributed by atoms with Gasteiger partial charge < -0.3 is 10.2 Å². The predicted molar refractivity (Wildman–Crippen MR) is 95.3 cm³/mol. The number of nitrogens with one attached hydrogen (secondary N) is 2. The van der Waals surface area contributed by atoms with Crippen LogP contribution in [0.1, 0.15) is 25.5 Å². The lowest BCUT2D eigenvalue weighted by molar-refractivity contribution is 0.811. The van der Waals surface area contributed by atoms with Gasteiger partial charge >= 0.3 is 0 Å². The summed E-state index contributed by atoms with van der Waals surface area (Å²) in [5, 5.41) is 10.8. The molecular weight excluding hydrogens is 326 g/mol. The van der Waals surface area contributed by atoms with E-state index < -0.39 is 0 Å². The Morgan fingerprint density at radius 3 is 2.79 bits per heavy atom. The molecule has 3 heterocycles. The number of aromatic nitrogens is 5. The predicted octanol–water partition coefficient (Wildman–Crippen LogP) is 3.88. The second-order valence-electron chi connectivity index (χ2n) is 5.63. The minimum atomic E-state index is 0.362. The van der Waals surface area contributed by atoms with E-state index >= 15 is 0 Å². The number of H-pyrrole nitrogens is 1. The first-order valence-corrected chi connectivity index (χ1v) is 7.91. The summed E-state index contributed by atoms with van der Waals surface area (Å²) in [6, 6.07) is 5.73. The van der Waals surface area contributed by atoms with Crippen molar-refractivity contribution in [3.63, 3.8) is 0 Å². The summed E-state index contributed by atoms with van der Waals surface area (Å²) in [5.41, 5.74) is 1.92. The fourth-order valence-electron chi connectivity index (χ4n) is 2.09. The van der Waals surface area contributed by atoms with E-state index in [9.17, 15) is 0 Å². The highest BCUT2D eigenvalue weighted by Crippen LogP contribution is 2.27. The molecule has 3 aromatic heterocycles. The normalized spacial score (nSPS) is 10.9. The molecule has 0 unspecified atom stereocenters. The van der Waals surface area contributed by atoms with Gasteiger partial charge in [0, 0.05) is 25.0 Å². The Balaban J connectivity index is 1.86. The molecule has 0 saturated heterocycles. The molecule has 0 aliphatic carbocycles. The van der Waals surface area contributed by atoms with Crippen LogP contribution in [-0.2, 0) is 0 Å². The monoisotopic (exact) mass is 343 g/mol. The summed E-state index contributed by atoms with van der Waals surface area (Å²) >= 11 is 6.21. The smallest absolute Gasteiger partial charge is 0.231 e. The third-order valence-electron chi connectivity index (χ3n) is 3.53. The van der Waals surface area contributed by atoms with Gasteiger partial charge in [-0.15, -0.1) is 0 Å². The van der Waals surface area contributed by atoms with E-state index in [0.717, 1.165) is 11.4 Å². The summed E-state index contributed by atoms with van der Waals surface area (Å²) < 4.78 is 0.